The fraction of sp³-hybridized carbons (Fsp3) is 0.542. The van der Waals surface area contributed by atoms with Crippen LogP contribution in [0.3, 0.4) is 0 Å². The molecule has 6 nitrogen and oxygen atoms in total. The number of anilines is 1. The molecule has 0 unspecified atom stereocenters. The lowest BCUT2D eigenvalue weighted by Crippen LogP contribution is -3.14. The molecule has 30 heavy (non-hydrogen) atoms. The van der Waals surface area contributed by atoms with Crippen LogP contribution >= 0.6 is 0 Å². The van der Waals surface area contributed by atoms with E-state index in [0.717, 1.165) is 74.0 Å². The number of quaternary nitrogens is 1. The quantitative estimate of drug-likeness (QED) is 0.816. The van der Waals surface area contributed by atoms with Crippen molar-refractivity contribution in [3.05, 3.63) is 53.0 Å². The minimum atomic E-state index is -0.0840. The number of fused-ring (bicyclic) bond motifs is 1. The third-order valence-electron chi connectivity index (χ3n) is 6.64. The summed E-state index contributed by atoms with van der Waals surface area (Å²) in [4.78, 5) is 29.1. The summed E-state index contributed by atoms with van der Waals surface area (Å²) < 4.78 is 0. The number of aromatic nitrogens is 2. The second-order valence-electron chi connectivity index (χ2n) is 8.49. The molecule has 3 heterocycles. The van der Waals surface area contributed by atoms with Crippen LogP contribution in [0.1, 0.15) is 48.8 Å². The van der Waals surface area contributed by atoms with E-state index in [0.29, 0.717) is 6.54 Å². The number of piperazine rings is 1. The van der Waals surface area contributed by atoms with E-state index in [1.165, 1.54) is 6.54 Å². The number of hydrogen-bond donors (Lipinski definition) is 1. The van der Waals surface area contributed by atoms with Crippen molar-refractivity contribution in [3.63, 3.8) is 0 Å². The maximum absolute atomic E-state index is 13.4. The number of nitrogens with one attached hydrogen (secondary N) is 1. The Hall–Kier alpha value is -2.47. The Morgan fingerprint density at radius 1 is 1.10 bits per heavy atom. The van der Waals surface area contributed by atoms with Crippen molar-refractivity contribution in [2.75, 3.05) is 44.2 Å². The number of likely N-dealkylation sites (N-methyl/N-ethyl adjacent to an activating group) is 1. The monoisotopic (exact) mass is 408 g/mol. The molecule has 0 saturated carbocycles. The van der Waals surface area contributed by atoms with Gasteiger partial charge in [-0.05, 0) is 25.8 Å². The number of hydrogen-bond acceptors (Lipinski definition) is 4. The molecule has 0 radical (unpaired) electrons. The normalized spacial score (nSPS) is 18.2. The Labute approximate surface area is 179 Å². The second-order valence-corrected chi connectivity index (χ2v) is 8.49. The molecule has 0 bridgehead atoms. The molecule has 2 aromatic rings. The molecular weight excluding hydrogens is 374 g/mol. The van der Waals surface area contributed by atoms with Gasteiger partial charge in [-0.2, -0.15) is 0 Å². The summed E-state index contributed by atoms with van der Waals surface area (Å²) in [6, 6.07) is 10.2. The zero-order valence-corrected chi connectivity index (χ0v) is 18.5. The Balaban J connectivity index is 1.57. The SMILES string of the molecule is CC[C@H](C(=O)N1CCc2nc(C)nc(N3CC[NH+](CC)CC3)c2C1)c1ccccc1. The van der Waals surface area contributed by atoms with Crippen LogP contribution in [0.25, 0.3) is 0 Å². The van der Waals surface area contributed by atoms with Gasteiger partial charge < -0.3 is 14.7 Å². The second kappa shape index (κ2) is 9.13. The molecule has 1 saturated heterocycles. The maximum Gasteiger partial charge on any atom is 0.230 e. The van der Waals surface area contributed by atoms with Crippen LogP contribution in [0.2, 0.25) is 0 Å². The van der Waals surface area contributed by atoms with Crippen LogP contribution in [-0.4, -0.2) is 60.0 Å². The Kier molecular flexibility index (Phi) is 6.32. The molecule has 1 atom stereocenters. The van der Waals surface area contributed by atoms with Gasteiger partial charge in [0.15, 0.2) is 0 Å². The number of aryl methyl sites for hydroxylation is 1. The largest absolute Gasteiger partial charge is 0.345 e. The molecule has 0 aliphatic carbocycles. The van der Waals surface area contributed by atoms with Gasteiger partial charge in [0.05, 0.1) is 50.9 Å². The number of nitrogens with zero attached hydrogens (tertiary/aromatic N) is 4. The molecule has 4 rings (SSSR count). The van der Waals surface area contributed by atoms with Crippen molar-refractivity contribution >= 4 is 11.7 Å². The first kappa shape index (κ1) is 20.8. The molecule has 1 aromatic carbocycles. The molecule has 2 aliphatic heterocycles. The van der Waals surface area contributed by atoms with Gasteiger partial charge >= 0.3 is 0 Å². The van der Waals surface area contributed by atoms with Crippen molar-refractivity contribution < 1.29 is 9.69 Å². The van der Waals surface area contributed by atoms with Crippen LogP contribution in [0.15, 0.2) is 30.3 Å². The van der Waals surface area contributed by atoms with Crippen LogP contribution in [0.5, 0.6) is 0 Å². The average molecular weight is 409 g/mol. The van der Waals surface area contributed by atoms with Crippen molar-refractivity contribution in [1.82, 2.24) is 14.9 Å². The van der Waals surface area contributed by atoms with Crippen molar-refractivity contribution in [3.8, 4) is 0 Å². The summed E-state index contributed by atoms with van der Waals surface area (Å²) >= 11 is 0. The van der Waals surface area contributed by atoms with Gasteiger partial charge in [-0.1, -0.05) is 37.3 Å². The average Bonchev–Trinajstić information content (AvgIpc) is 2.79. The van der Waals surface area contributed by atoms with Gasteiger partial charge in [0.1, 0.15) is 11.6 Å². The lowest BCUT2D eigenvalue weighted by Gasteiger charge is -2.37. The summed E-state index contributed by atoms with van der Waals surface area (Å²) in [5, 5.41) is 0. The van der Waals surface area contributed by atoms with Crippen LogP contribution in [-0.2, 0) is 17.8 Å². The minimum absolute atomic E-state index is 0.0840. The van der Waals surface area contributed by atoms with Gasteiger partial charge in [0.25, 0.3) is 0 Å². The summed E-state index contributed by atoms with van der Waals surface area (Å²) in [6.07, 6.45) is 1.62. The van der Waals surface area contributed by atoms with Crippen molar-refractivity contribution in [1.29, 1.82) is 0 Å². The molecular formula is C24H34N5O+. The molecule has 1 aromatic heterocycles. The predicted octanol–water partition coefficient (Wildman–Crippen LogP) is 1.59. The highest BCUT2D eigenvalue weighted by Crippen LogP contribution is 2.30. The summed E-state index contributed by atoms with van der Waals surface area (Å²) in [5.74, 6) is 2.03. The lowest BCUT2D eigenvalue weighted by molar-refractivity contribution is -0.898. The van der Waals surface area contributed by atoms with E-state index in [4.69, 9.17) is 9.97 Å². The number of rotatable bonds is 5. The van der Waals surface area contributed by atoms with E-state index in [1.54, 1.807) is 4.90 Å². The fourth-order valence-corrected chi connectivity index (χ4v) is 4.81. The molecule has 160 valence electrons. The number of amides is 1. The lowest BCUT2D eigenvalue weighted by atomic mass is 9.93. The number of carbonyl (C=O) groups excluding carboxylic acids is 1. The highest BCUT2D eigenvalue weighted by atomic mass is 16.2. The Morgan fingerprint density at radius 2 is 1.83 bits per heavy atom. The molecule has 2 aliphatic rings. The molecule has 1 fully saturated rings. The fourth-order valence-electron chi connectivity index (χ4n) is 4.81. The predicted molar refractivity (Wildman–Crippen MR) is 119 cm³/mol. The first-order chi connectivity index (χ1) is 14.6. The number of carbonyl (C=O) groups is 1. The van der Waals surface area contributed by atoms with Crippen molar-refractivity contribution in [2.45, 2.75) is 46.1 Å². The van der Waals surface area contributed by atoms with Gasteiger partial charge in [0.2, 0.25) is 5.91 Å². The smallest absolute Gasteiger partial charge is 0.230 e. The van der Waals surface area contributed by atoms with Gasteiger partial charge in [0, 0.05) is 18.5 Å². The van der Waals surface area contributed by atoms with Crippen LogP contribution < -0.4 is 9.80 Å². The van der Waals surface area contributed by atoms with E-state index < -0.39 is 0 Å². The van der Waals surface area contributed by atoms with E-state index in [9.17, 15) is 4.79 Å². The Morgan fingerprint density at radius 3 is 2.50 bits per heavy atom. The minimum Gasteiger partial charge on any atom is -0.345 e. The zero-order valence-electron chi connectivity index (χ0n) is 18.5. The Bertz CT molecular complexity index is 877. The molecule has 1 N–H and O–H groups in total. The van der Waals surface area contributed by atoms with E-state index in [-0.39, 0.29) is 11.8 Å². The third kappa shape index (κ3) is 4.19. The first-order valence-corrected chi connectivity index (χ1v) is 11.4. The maximum atomic E-state index is 13.4. The topological polar surface area (TPSA) is 53.8 Å². The highest BCUT2D eigenvalue weighted by molar-refractivity contribution is 5.84. The van der Waals surface area contributed by atoms with Crippen LogP contribution in [0.4, 0.5) is 5.82 Å². The van der Waals surface area contributed by atoms with Crippen LogP contribution in [0, 0.1) is 6.92 Å². The van der Waals surface area contributed by atoms with Gasteiger partial charge in [-0.15, -0.1) is 0 Å². The summed E-state index contributed by atoms with van der Waals surface area (Å²) in [7, 11) is 0. The highest BCUT2D eigenvalue weighted by Gasteiger charge is 2.31. The number of benzene rings is 1. The molecule has 0 spiro atoms. The first-order valence-electron chi connectivity index (χ1n) is 11.4. The summed E-state index contributed by atoms with van der Waals surface area (Å²) in [6.45, 7) is 13.2. The van der Waals surface area contributed by atoms with Gasteiger partial charge in [-0.25, -0.2) is 9.97 Å². The van der Waals surface area contributed by atoms with Crippen molar-refractivity contribution in [2.24, 2.45) is 0 Å². The summed E-state index contributed by atoms with van der Waals surface area (Å²) in [5.41, 5.74) is 3.39. The van der Waals surface area contributed by atoms with Gasteiger partial charge in [-0.3, -0.25) is 4.79 Å². The molecule has 1 amide bonds. The zero-order chi connectivity index (χ0) is 21.1. The third-order valence-corrected chi connectivity index (χ3v) is 6.64. The molecule has 6 heteroatoms. The standard InChI is InChI=1S/C24H33N5O/c1-4-20(19-9-7-6-8-10-19)24(30)29-12-11-22-21(17-29)23(26-18(3)25-22)28-15-13-27(5-2)14-16-28/h6-10,20H,4-5,11-17H2,1-3H3/p+1/t20-/m0/s1. The van der Waals surface area contributed by atoms with E-state index in [2.05, 4.69) is 30.9 Å². The van der Waals surface area contributed by atoms with E-state index >= 15 is 0 Å². The van der Waals surface area contributed by atoms with E-state index in [1.807, 2.05) is 30.0 Å².